The number of aromatic nitrogens is 4. The van der Waals surface area contributed by atoms with Crippen molar-refractivity contribution in [3.05, 3.63) is 47.1 Å². The lowest BCUT2D eigenvalue weighted by Gasteiger charge is -2.21. The third kappa shape index (κ3) is 2.54. The Labute approximate surface area is 148 Å². The minimum atomic E-state index is -0.333. The fourth-order valence-electron chi connectivity index (χ4n) is 3.57. The first-order valence-corrected chi connectivity index (χ1v) is 9.34. The van der Waals surface area contributed by atoms with Crippen LogP contribution in [0.5, 0.6) is 0 Å². The molecule has 0 aliphatic carbocycles. The molecule has 5 rings (SSSR count). The molecule has 0 aromatic carbocycles. The maximum absolute atomic E-state index is 14.3. The fraction of sp³-hybridized carbons (Fsp3) is 0.333. The van der Waals surface area contributed by atoms with Crippen molar-refractivity contribution in [2.75, 3.05) is 13.1 Å². The Bertz CT molecular complexity index is 1040. The quantitative estimate of drug-likeness (QED) is 0.597. The minimum absolute atomic E-state index is 0.333. The average molecular weight is 355 g/mol. The molecule has 1 saturated heterocycles. The van der Waals surface area contributed by atoms with Gasteiger partial charge >= 0.3 is 0 Å². The lowest BCUT2D eigenvalue weighted by atomic mass is 9.96. The molecule has 0 bridgehead atoms. The van der Waals surface area contributed by atoms with E-state index in [9.17, 15) is 4.39 Å². The molecule has 128 valence electrons. The van der Waals surface area contributed by atoms with Gasteiger partial charge in [0.15, 0.2) is 11.5 Å². The summed E-state index contributed by atoms with van der Waals surface area (Å²) in [5.41, 5.74) is 2.84. The molecule has 5 nitrogen and oxygen atoms in total. The summed E-state index contributed by atoms with van der Waals surface area (Å²) >= 11 is 1.81. The van der Waals surface area contributed by atoms with Gasteiger partial charge in [-0.05, 0) is 44.8 Å². The van der Waals surface area contributed by atoms with Gasteiger partial charge in [0.05, 0.1) is 16.1 Å². The number of rotatable bonds is 2. The molecule has 4 aromatic rings. The number of nitrogens with one attached hydrogen (secondary N) is 1. The number of aryl methyl sites for hydroxylation is 1. The monoisotopic (exact) mass is 355 g/mol. The number of nitrogens with zero attached hydrogens (tertiary/aromatic N) is 4. The van der Waals surface area contributed by atoms with E-state index >= 15 is 0 Å². The molecule has 0 atom stereocenters. The molecule has 0 unspecified atom stereocenters. The number of pyridine rings is 1. The summed E-state index contributed by atoms with van der Waals surface area (Å²) in [6, 6.07) is 3.69. The summed E-state index contributed by atoms with van der Waals surface area (Å²) < 4.78 is 18.9. The molecule has 1 aliphatic heterocycles. The summed E-state index contributed by atoms with van der Waals surface area (Å²) in [6.07, 6.45) is 8.05. The Morgan fingerprint density at radius 1 is 1.20 bits per heavy atom. The lowest BCUT2D eigenvalue weighted by molar-refractivity contribution is 0.465. The summed E-state index contributed by atoms with van der Waals surface area (Å²) in [6.45, 7) is 4.03. The van der Waals surface area contributed by atoms with Crippen molar-refractivity contribution in [1.29, 1.82) is 0 Å². The van der Waals surface area contributed by atoms with Gasteiger partial charge in [0, 0.05) is 29.5 Å². The van der Waals surface area contributed by atoms with E-state index in [0.29, 0.717) is 17.3 Å². The second-order valence-corrected chi connectivity index (χ2v) is 7.77. The van der Waals surface area contributed by atoms with E-state index in [-0.39, 0.29) is 5.82 Å². The molecule has 0 spiro atoms. The first-order chi connectivity index (χ1) is 12.2. The number of hydrogen-bond acceptors (Lipinski definition) is 4. The summed E-state index contributed by atoms with van der Waals surface area (Å²) in [7, 11) is 0. The summed E-state index contributed by atoms with van der Waals surface area (Å²) in [4.78, 5) is 5.61. The topological polar surface area (TPSA) is 47.1 Å². The largest absolute Gasteiger partial charge is 0.317 e. The van der Waals surface area contributed by atoms with E-state index in [0.717, 1.165) is 29.0 Å². The van der Waals surface area contributed by atoms with Crippen molar-refractivity contribution in [2.45, 2.75) is 25.7 Å². The molecule has 1 aliphatic rings. The highest BCUT2D eigenvalue weighted by Crippen LogP contribution is 2.35. The van der Waals surface area contributed by atoms with Gasteiger partial charge in [0.2, 0.25) is 0 Å². The lowest BCUT2D eigenvalue weighted by Crippen LogP contribution is -2.26. The smallest absolute Gasteiger partial charge is 0.173 e. The molecule has 0 saturated carbocycles. The maximum atomic E-state index is 14.3. The fourth-order valence-corrected chi connectivity index (χ4v) is 4.76. The number of imidazole rings is 1. The van der Waals surface area contributed by atoms with Gasteiger partial charge in [-0.2, -0.15) is 5.10 Å². The zero-order valence-electron chi connectivity index (χ0n) is 13.9. The van der Waals surface area contributed by atoms with Crippen LogP contribution >= 0.6 is 11.3 Å². The summed E-state index contributed by atoms with van der Waals surface area (Å²) in [5, 5.41) is 8.07. The van der Waals surface area contributed by atoms with Gasteiger partial charge in [-0.1, -0.05) is 0 Å². The second-order valence-electron chi connectivity index (χ2n) is 6.66. The Morgan fingerprint density at radius 3 is 2.84 bits per heavy atom. The van der Waals surface area contributed by atoms with E-state index in [1.165, 1.54) is 23.8 Å². The SMILES string of the molecule is Cc1cn2cc(-n3cc4sc(C5CCNCC5)cc4n3)cc(F)c2n1. The van der Waals surface area contributed by atoms with E-state index in [1.807, 2.05) is 36.9 Å². The van der Waals surface area contributed by atoms with Crippen LogP contribution in [-0.2, 0) is 0 Å². The minimum Gasteiger partial charge on any atom is -0.317 e. The van der Waals surface area contributed by atoms with E-state index < -0.39 is 0 Å². The average Bonchev–Trinajstić information content (AvgIpc) is 3.27. The van der Waals surface area contributed by atoms with E-state index in [2.05, 4.69) is 21.5 Å². The van der Waals surface area contributed by atoms with Gasteiger partial charge < -0.3 is 9.72 Å². The highest BCUT2D eigenvalue weighted by atomic mass is 32.1. The van der Waals surface area contributed by atoms with Crippen molar-refractivity contribution >= 4 is 27.2 Å². The Morgan fingerprint density at radius 2 is 2.04 bits per heavy atom. The van der Waals surface area contributed by atoms with Crippen LogP contribution in [0.2, 0.25) is 0 Å². The number of thiophene rings is 1. The van der Waals surface area contributed by atoms with Crippen LogP contribution in [-0.4, -0.2) is 32.3 Å². The molecule has 0 amide bonds. The third-order valence-corrected chi connectivity index (χ3v) is 6.05. The van der Waals surface area contributed by atoms with E-state index in [1.54, 1.807) is 9.08 Å². The third-order valence-electron chi connectivity index (χ3n) is 4.83. The maximum Gasteiger partial charge on any atom is 0.173 e. The van der Waals surface area contributed by atoms with Crippen molar-refractivity contribution in [1.82, 2.24) is 24.5 Å². The van der Waals surface area contributed by atoms with Crippen LogP contribution in [0.1, 0.15) is 29.3 Å². The van der Waals surface area contributed by atoms with Crippen LogP contribution in [0.4, 0.5) is 4.39 Å². The molecular formula is C18H18FN5S. The van der Waals surface area contributed by atoms with Gasteiger partial charge in [0.25, 0.3) is 0 Å². The number of halogens is 1. The number of piperidine rings is 1. The predicted molar refractivity (Wildman–Crippen MR) is 97.2 cm³/mol. The predicted octanol–water partition coefficient (Wildman–Crippen LogP) is 3.65. The molecule has 1 N–H and O–H groups in total. The Kier molecular flexibility index (Phi) is 3.39. The first-order valence-electron chi connectivity index (χ1n) is 8.52. The normalized spacial score (nSPS) is 16.2. The van der Waals surface area contributed by atoms with Gasteiger partial charge in [-0.3, -0.25) is 0 Å². The van der Waals surface area contributed by atoms with Crippen LogP contribution in [0, 0.1) is 12.7 Å². The van der Waals surface area contributed by atoms with E-state index in [4.69, 9.17) is 0 Å². The second kappa shape index (κ2) is 5.64. The molecule has 4 aromatic heterocycles. The number of fused-ring (bicyclic) bond motifs is 2. The van der Waals surface area contributed by atoms with Crippen LogP contribution in [0.25, 0.3) is 21.6 Å². The zero-order chi connectivity index (χ0) is 17.0. The van der Waals surface area contributed by atoms with Crippen LogP contribution < -0.4 is 5.32 Å². The number of hydrogen-bond donors (Lipinski definition) is 1. The molecular weight excluding hydrogens is 337 g/mol. The van der Waals surface area contributed by atoms with Gasteiger partial charge in [-0.25, -0.2) is 14.1 Å². The first kappa shape index (κ1) is 15.0. The standard InChI is InChI=1S/C18H18FN5S/c1-11-8-23-9-13(6-14(19)18(23)21-11)24-10-17-15(22-24)7-16(25-17)12-2-4-20-5-3-12/h6-10,12,20H,2-5H2,1H3. The Balaban J connectivity index is 1.53. The molecule has 25 heavy (non-hydrogen) atoms. The van der Waals surface area contributed by atoms with Gasteiger partial charge in [0.1, 0.15) is 5.52 Å². The highest BCUT2D eigenvalue weighted by molar-refractivity contribution is 7.19. The zero-order valence-corrected chi connectivity index (χ0v) is 14.7. The Hall–Kier alpha value is -2.25. The van der Waals surface area contributed by atoms with Crippen LogP contribution in [0.3, 0.4) is 0 Å². The van der Waals surface area contributed by atoms with Crippen molar-refractivity contribution < 1.29 is 4.39 Å². The van der Waals surface area contributed by atoms with Crippen molar-refractivity contribution in [3.63, 3.8) is 0 Å². The molecule has 7 heteroatoms. The summed E-state index contributed by atoms with van der Waals surface area (Å²) in [5.74, 6) is 0.302. The highest BCUT2D eigenvalue weighted by Gasteiger charge is 2.19. The van der Waals surface area contributed by atoms with Crippen molar-refractivity contribution in [2.24, 2.45) is 0 Å². The molecule has 5 heterocycles. The molecule has 1 fully saturated rings. The molecule has 0 radical (unpaired) electrons. The van der Waals surface area contributed by atoms with Gasteiger partial charge in [-0.15, -0.1) is 11.3 Å². The van der Waals surface area contributed by atoms with Crippen molar-refractivity contribution in [3.8, 4) is 5.69 Å². The van der Waals surface area contributed by atoms with Crippen LogP contribution in [0.15, 0.2) is 30.7 Å².